The molecular formula is C20H20FN3OS. The van der Waals surface area contributed by atoms with Crippen LogP contribution in [-0.2, 0) is 11.3 Å². The summed E-state index contributed by atoms with van der Waals surface area (Å²) in [5, 5.41) is 3.07. The molecular weight excluding hydrogens is 349 g/mol. The highest BCUT2D eigenvalue weighted by Gasteiger charge is 2.19. The quantitative estimate of drug-likeness (QED) is 0.689. The van der Waals surface area contributed by atoms with Gasteiger partial charge in [-0.2, -0.15) is 0 Å². The van der Waals surface area contributed by atoms with Crippen LogP contribution in [0, 0.1) is 18.7 Å². The molecule has 1 amide bonds. The van der Waals surface area contributed by atoms with E-state index < -0.39 is 0 Å². The molecule has 1 aliphatic carbocycles. The fraction of sp³-hybridized carbons (Fsp3) is 0.300. The molecule has 1 atom stereocenters. The summed E-state index contributed by atoms with van der Waals surface area (Å²) in [6.07, 6.45) is 8.94. The van der Waals surface area contributed by atoms with Gasteiger partial charge >= 0.3 is 0 Å². The van der Waals surface area contributed by atoms with Crippen LogP contribution >= 0.6 is 11.3 Å². The first-order valence-electron chi connectivity index (χ1n) is 8.78. The Kier molecular flexibility index (Phi) is 4.59. The Bertz CT molecular complexity index is 971. The van der Waals surface area contributed by atoms with Gasteiger partial charge in [-0.1, -0.05) is 23.5 Å². The van der Waals surface area contributed by atoms with Crippen molar-refractivity contribution in [3.05, 3.63) is 59.0 Å². The number of amides is 1. The van der Waals surface area contributed by atoms with Crippen LogP contribution in [0.15, 0.2) is 42.6 Å². The summed E-state index contributed by atoms with van der Waals surface area (Å²) in [5.41, 5.74) is 2.79. The topological polar surface area (TPSA) is 46.4 Å². The molecule has 1 N–H and O–H groups in total. The van der Waals surface area contributed by atoms with Gasteiger partial charge in [-0.25, -0.2) is 9.37 Å². The van der Waals surface area contributed by atoms with Crippen molar-refractivity contribution in [2.75, 3.05) is 0 Å². The van der Waals surface area contributed by atoms with Crippen LogP contribution in [0.5, 0.6) is 0 Å². The molecule has 1 unspecified atom stereocenters. The van der Waals surface area contributed by atoms with E-state index in [1.54, 1.807) is 23.5 Å². The van der Waals surface area contributed by atoms with Gasteiger partial charge in [0.25, 0.3) is 0 Å². The first kappa shape index (κ1) is 17.0. The number of thiazole rings is 1. The number of benzene rings is 1. The van der Waals surface area contributed by atoms with Gasteiger partial charge < -0.3 is 5.32 Å². The van der Waals surface area contributed by atoms with Gasteiger partial charge in [0.15, 0.2) is 4.96 Å². The number of aryl methyl sites for hydroxylation is 1. The molecule has 0 bridgehead atoms. The van der Waals surface area contributed by atoms with E-state index in [4.69, 9.17) is 0 Å². The lowest BCUT2D eigenvalue weighted by atomic mass is 9.94. The summed E-state index contributed by atoms with van der Waals surface area (Å²) in [6.45, 7) is 2.56. The van der Waals surface area contributed by atoms with Crippen LogP contribution in [0.1, 0.15) is 29.8 Å². The van der Waals surface area contributed by atoms with E-state index in [-0.39, 0.29) is 17.6 Å². The third-order valence-corrected chi connectivity index (χ3v) is 6.01. The standard InChI is InChI=1S/C20H20FN3OS/c1-13-18(11-22-19(25)15-5-3-2-4-6-15)26-20-23-17(12-24(13)20)14-7-9-16(21)10-8-14/h2-3,7-10,12,15H,4-6,11H2,1H3,(H,22,25). The summed E-state index contributed by atoms with van der Waals surface area (Å²) in [6, 6.07) is 6.35. The van der Waals surface area contributed by atoms with Crippen molar-refractivity contribution in [1.82, 2.24) is 14.7 Å². The second-order valence-electron chi connectivity index (χ2n) is 6.60. The van der Waals surface area contributed by atoms with Crippen molar-refractivity contribution in [1.29, 1.82) is 0 Å². The number of hydrogen-bond acceptors (Lipinski definition) is 3. The molecule has 0 spiro atoms. The summed E-state index contributed by atoms with van der Waals surface area (Å²) in [7, 11) is 0. The predicted octanol–water partition coefficient (Wildman–Crippen LogP) is 4.48. The lowest BCUT2D eigenvalue weighted by molar-refractivity contribution is -0.125. The molecule has 4 rings (SSSR count). The number of allylic oxidation sites excluding steroid dienone is 2. The van der Waals surface area contributed by atoms with E-state index in [1.807, 2.05) is 17.5 Å². The molecule has 2 aromatic heterocycles. The highest BCUT2D eigenvalue weighted by Crippen LogP contribution is 2.27. The van der Waals surface area contributed by atoms with Crippen molar-refractivity contribution < 1.29 is 9.18 Å². The van der Waals surface area contributed by atoms with Gasteiger partial charge in [0, 0.05) is 28.2 Å². The Hall–Kier alpha value is -2.47. The van der Waals surface area contributed by atoms with Crippen molar-refractivity contribution in [3.63, 3.8) is 0 Å². The largest absolute Gasteiger partial charge is 0.351 e. The molecule has 3 aromatic rings. The highest BCUT2D eigenvalue weighted by atomic mass is 32.1. The molecule has 1 aromatic carbocycles. The maximum Gasteiger partial charge on any atom is 0.223 e. The summed E-state index contributed by atoms with van der Waals surface area (Å²) >= 11 is 1.58. The number of nitrogens with one attached hydrogen (secondary N) is 1. The average Bonchev–Trinajstić information content (AvgIpc) is 3.20. The number of hydrogen-bond donors (Lipinski definition) is 1. The van der Waals surface area contributed by atoms with Crippen LogP contribution < -0.4 is 5.32 Å². The molecule has 1 aliphatic rings. The zero-order chi connectivity index (χ0) is 18.1. The van der Waals surface area contributed by atoms with Crippen molar-refractivity contribution >= 4 is 22.2 Å². The minimum absolute atomic E-state index is 0.0921. The Morgan fingerprint density at radius 2 is 2.15 bits per heavy atom. The van der Waals surface area contributed by atoms with Crippen LogP contribution in [0.2, 0.25) is 0 Å². The van der Waals surface area contributed by atoms with E-state index in [0.29, 0.717) is 6.54 Å². The molecule has 4 nitrogen and oxygen atoms in total. The lowest BCUT2D eigenvalue weighted by Crippen LogP contribution is -2.30. The van der Waals surface area contributed by atoms with Gasteiger partial charge in [-0.15, -0.1) is 0 Å². The van der Waals surface area contributed by atoms with Gasteiger partial charge in [-0.05, 0) is 50.5 Å². The summed E-state index contributed by atoms with van der Waals surface area (Å²) < 4.78 is 15.1. The van der Waals surface area contributed by atoms with E-state index in [1.165, 1.54) is 12.1 Å². The zero-order valence-electron chi connectivity index (χ0n) is 14.5. The molecule has 0 aliphatic heterocycles. The third kappa shape index (κ3) is 3.29. The Morgan fingerprint density at radius 3 is 2.85 bits per heavy atom. The molecule has 26 heavy (non-hydrogen) atoms. The van der Waals surface area contributed by atoms with E-state index >= 15 is 0 Å². The molecule has 2 heterocycles. The number of fused-ring (bicyclic) bond motifs is 1. The third-order valence-electron chi connectivity index (χ3n) is 4.86. The first-order valence-corrected chi connectivity index (χ1v) is 9.59. The number of carbonyl (C=O) groups excluding carboxylic acids is 1. The fourth-order valence-electron chi connectivity index (χ4n) is 3.26. The lowest BCUT2D eigenvalue weighted by Gasteiger charge is -2.17. The maximum absolute atomic E-state index is 13.1. The normalized spacial score (nSPS) is 16.9. The minimum Gasteiger partial charge on any atom is -0.351 e. The first-order chi connectivity index (χ1) is 12.6. The van der Waals surface area contributed by atoms with E-state index in [2.05, 4.69) is 22.5 Å². The Morgan fingerprint density at radius 1 is 1.35 bits per heavy atom. The molecule has 0 fully saturated rings. The van der Waals surface area contributed by atoms with Gasteiger partial charge in [-0.3, -0.25) is 9.20 Å². The summed E-state index contributed by atoms with van der Waals surface area (Å²) in [4.78, 5) is 18.9. The number of imidazole rings is 1. The second kappa shape index (κ2) is 7.03. The number of rotatable bonds is 4. The van der Waals surface area contributed by atoms with Crippen LogP contribution in [0.25, 0.3) is 16.2 Å². The maximum atomic E-state index is 13.1. The number of halogens is 1. The average molecular weight is 369 g/mol. The van der Waals surface area contributed by atoms with Crippen LogP contribution in [0.3, 0.4) is 0 Å². The Labute approximate surface area is 155 Å². The van der Waals surface area contributed by atoms with Crippen LogP contribution in [0.4, 0.5) is 4.39 Å². The van der Waals surface area contributed by atoms with E-state index in [0.717, 1.165) is 46.1 Å². The van der Waals surface area contributed by atoms with Gasteiger partial charge in [0.1, 0.15) is 5.82 Å². The monoisotopic (exact) mass is 369 g/mol. The zero-order valence-corrected chi connectivity index (χ0v) is 15.4. The number of carbonyl (C=O) groups is 1. The van der Waals surface area contributed by atoms with Crippen LogP contribution in [-0.4, -0.2) is 15.3 Å². The van der Waals surface area contributed by atoms with Crippen molar-refractivity contribution in [3.8, 4) is 11.3 Å². The smallest absolute Gasteiger partial charge is 0.223 e. The number of aromatic nitrogens is 2. The fourth-order valence-corrected chi connectivity index (χ4v) is 4.30. The molecule has 0 radical (unpaired) electrons. The number of nitrogens with zero attached hydrogens (tertiary/aromatic N) is 2. The minimum atomic E-state index is -0.252. The molecule has 0 saturated heterocycles. The second-order valence-corrected chi connectivity index (χ2v) is 7.66. The highest BCUT2D eigenvalue weighted by molar-refractivity contribution is 7.17. The van der Waals surface area contributed by atoms with Gasteiger partial charge in [0.2, 0.25) is 5.91 Å². The van der Waals surface area contributed by atoms with E-state index in [9.17, 15) is 9.18 Å². The van der Waals surface area contributed by atoms with Crippen molar-refractivity contribution in [2.24, 2.45) is 5.92 Å². The SMILES string of the molecule is Cc1c(CNC(=O)C2CC=CCC2)sc2nc(-c3ccc(F)cc3)cn12. The predicted molar refractivity (Wildman–Crippen MR) is 102 cm³/mol. The summed E-state index contributed by atoms with van der Waals surface area (Å²) in [5.74, 6) is -0.0290. The Balaban J connectivity index is 1.49. The molecule has 134 valence electrons. The van der Waals surface area contributed by atoms with Crippen molar-refractivity contribution in [2.45, 2.75) is 32.7 Å². The molecule has 6 heteroatoms. The van der Waals surface area contributed by atoms with Gasteiger partial charge in [0.05, 0.1) is 12.2 Å². The molecule has 0 saturated carbocycles.